The van der Waals surface area contributed by atoms with Crippen molar-refractivity contribution in [3.05, 3.63) is 62.5 Å². The Labute approximate surface area is 141 Å². The molecule has 0 aliphatic heterocycles. The molecule has 2 aromatic carbocycles. The van der Waals surface area contributed by atoms with Gasteiger partial charge in [-0.3, -0.25) is 11.3 Å². The fraction of sp³-hybridized carbons (Fsp3) is 0.143. The summed E-state index contributed by atoms with van der Waals surface area (Å²) in [5, 5.41) is 1.09. The van der Waals surface area contributed by atoms with Crippen LogP contribution in [0.3, 0.4) is 0 Å². The molecule has 3 N–H and O–H groups in total. The molecule has 0 amide bonds. The van der Waals surface area contributed by atoms with Gasteiger partial charge in [-0.2, -0.15) is 0 Å². The SMILES string of the molecule is NNC(CSc1ccc(Br)cc1)c1ccc(Cl)c(Cl)c1. The molecule has 0 spiro atoms. The zero-order valence-corrected chi connectivity index (χ0v) is 14.4. The third-order valence-corrected chi connectivity index (χ3v) is 5.15. The molecule has 0 aliphatic rings. The molecular weight excluding hydrogens is 379 g/mol. The molecule has 0 aliphatic carbocycles. The maximum Gasteiger partial charge on any atom is 0.0595 e. The van der Waals surface area contributed by atoms with Gasteiger partial charge in [0, 0.05) is 15.1 Å². The molecule has 0 bridgehead atoms. The van der Waals surface area contributed by atoms with E-state index in [1.807, 2.05) is 24.3 Å². The summed E-state index contributed by atoms with van der Waals surface area (Å²) in [4.78, 5) is 1.19. The van der Waals surface area contributed by atoms with Crippen molar-refractivity contribution in [1.82, 2.24) is 5.43 Å². The van der Waals surface area contributed by atoms with Crippen LogP contribution in [0.2, 0.25) is 10.0 Å². The summed E-state index contributed by atoms with van der Waals surface area (Å²) in [6.07, 6.45) is 0. The summed E-state index contributed by atoms with van der Waals surface area (Å²) in [5.41, 5.74) is 3.83. The predicted molar refractivity (Wildman–Crippen MR) is 91.4 cm³/mol. The first-order valence-electron chi connectivity index (χ1n) is 5.89. The molecule has 2 aromatic rings. The highest BCUT2D eigenvalue weighted by molar-refractivity contribution is 9.10. The van der Waals surface area contributed by atoms with Gasteiger partial charge in [-0.05, 0) is 42.0 Å². The summed E-state index contributed by atoms with van der Waals surface area (Å²) in [5.74, 6) is 6.44. The van der Waals surface area contributed by atoms with Crippen LogP contribution >= 0.6 is 50.9 Å². The lowest BCUT2D eigenvalue weighted by Crippen LogP contribution is -2.29. The lowest BCUT2D eigenvalue weighted by molar-refractivity contribution is 0.611. The number of hydrogen-bond acceptors (Lipinski definition) is 3. The fourth-order valence-electron chi connectivity index (χ4n) is 1.68. The molecule has 20 heavy (non-hydrogen) atoms. The van der Waals surface area contributed by atoms with Gasteiger partial charge in [-0.15, -0.1) is 11.8 Å². The van der Waals surface area contributed by atoms with Crippen LogP contribution < -0.4 is 11.3 Å². The molecule has 0 fully saturated rings. The molecule has 0 saturated carbocycles. The van der Waals surface area contributed by atoms with Crippen LogP contribution in [-0.2, 0) is 0 Å². The van der Waals surface area contributed by atoms with Crippen molar-refractivity contribution in [3.8, 4) is 0 Å². The van der Waals surface area contributed by atoms with E-state index in [2.05, 4.69) is 33.5 Å². The van der Waals surface area contributed by atoms with E-state index in [0.29, 0.717) is 10.0 Å². The van der Waals surface area contributed by atoms with Crippen molar-refractivity contribution in [3.63, 3.8) is 0 Å². The largest absolute Gasteiger partial charge is 0.271 e. The van der Waals surface area contributed by atoms with Crippen LogP contribution in [-0.4, -0.2) is 5.75 Å². The minimum atomic E-state index is 0.0124. The standard InChI is InChI=1S/C14H13BrCl2N2S/c15-10-2-4-11(5-3-10)20-8-14(19-18)9-1-6-12(16)13(17)7-9/h1-7,14,19H,8,18H2. The number of hydrogen-bond donors (Lipinski definition) is 2. The van der Waals surface area contributed by atoms with Crippen molar-refractivity contribution >= 4 is 50.9 Å². The Bertz CT molecular complexity index is 578. The molecule has 6 heteroatoms. The van der Waals surface area contributed by atoms with Crippen LogP contribution in [0, 0.1) is 0 Å². The summed E-state index contributed by atoms with van der Waals surface area (Å²) in [6, 6.07) is 13.7. The van der Waals surface area contributed by atoms with Crippen molar-refractivity contribution in [2.24, 2.45) is 5.84 Å². The Kier molecular flexibility index (Phi) is 6.20. The monoisotopic (exact) mass is 390 g/mol. The molecule has 0 aromatic heterocycles. The Morgan fingerprint density at radius 3 is 2.40 bits per heavy atom. The maximum absolute atomic E-state index is 6.04. The fourth-order valence-corrected chi connectivity index (χ4v) is 3.23. The maximum atomic E-state index is 6.04. The Balaban J connectivity index is 2.05. The topological polar surface area (TPSA) is 38.0 Å². The minimum absolute atomic E-state index is 0.0124. The van der Waals surface area contributed by atoms with Gasteiger partial charge in [-0.1, -0.05) is 45.2 Å². The first-order chi connectivity index (χ1) is 9.60. The van der Waals surface area contributed by atoms with Gasteiger partial charge in [0.2, 0.25) is 0 Å². The molecule has 106 valence electrons. The van der Waals surface area contributed by atoms with E-state index in [-0.39, 0.29) is 6.04 Å². The zero-order chi connectivity index (χ0) is 14.5. The molecular formula is C14H13BrCl2N2S. The van der Waals surface area contributed by atoms with Gasteiger partial charge >= 0.3 is 0 Å². The normalized spacial score (nSPS) is 12.4. The van der Waals surface area contributed by atoms with Crippen LogP contribution in [0.25, 0.3) is 0 Å². The van der Waals surface area contributed by atoms with Crippen molar-refractivity contribution in [2.45, 2.75) is 10.9 Å². The third kappa shape index (κ3) is 4.38. The highest BCUT2D eigenvalue weighted by atomic mass is 79.9. The lowest BCUT2D eigenvalue weighted by Gasteiger charge is -2.16. The van der Waals surface area contributed by atoms with E-state index in [4.69, 9.17) is 29.0 Å². The number of hydrazine groups is 1. The van der Waals surface area contributed by atoms with Crippen LogP contribution in [0.5, 0.6) is 0 Å². The summed E-state index contributed by atoms with van der Waals surface area (Å²) < 4.78 is 1.07. The number of nitrogens with two attached hydrogens (primary N) is 1. The van der Waals surface area contributed by atoms with Gasteiger partial charge < -0.3 is 0 Å². The molecule has 2 nitrogen and oxygen atoms in total. The molecule has 0 heterocycles. The van der Waals surface area contributed by atoms with Crippen LogP contribution in [0.15, 0.2) is 51.8 Å². The summed E-state index contributed by atoms with van der Waals surface area (Å²) in [7, 11) is 0. The molecule has 0 saturated heterocycles. The van der Waals surface area contributed by atoms with E-state index in [1.54, 1.807) is 17.8 Å². The van der Waals surface area contributed by atoms with Gasteiger partial charge in [0.25, 0.3) is 0 Å². The van der Waals surface area contributed by atoms with Crippen molar-refractivity contribution in [2.75, 3.05) is 5.75 Å². The average molecular weight is 392 g/mol. The van der Waals surface area contributed by atoms with Gasteiger partial charge in [0.1, 0.15) is 0 Å². The van der Waals surface area contributed by atoms with E-state index in [0.717, 1.165) is 15.8 Å². The summed E-state index contributed by atoms with van der Waals surface area (Å²) >= 11 is 17.1. The quantitative estimate of drug-likeness (QED) is 0.425. The highest BCUT2D eigenvalue weighted by Crippen LogP contribution is 2.29. The van der Waals surface area contributed by atoms with E-state index in [1.165, 1.54) is 4.90 Å². The Morgan fingerprint density at radius 1 is 1.10 bits per heavy atom. The molecule has 1 unspecified atom stereocenters. The second-order valence-corrected chi connectivity index (χ2v) is 6.98. The highest BCUT2D eigenvalue weighted by Gasteiger charge is 2.12. The first-order valence-corrected chi connectivity index (χ1v) is 8.43. The second-order valence-electron chi connectivity index (χ2n) is 4.16. The lowest BCUT2D eigenvalue weighted by atomic mass is 10.1. The number of halogens is 3. The van der Waals surface area contributed by atoms with Crippen LogP contribution in [0.1, 0.15) is 11.6 Å². The Hall–Kier alpha value is -0.230. The van der Waals surface area contributed by atoms with E-state index in [9.17, 15) is 0 Å². The number of thioether (sulfide) groups is 1. The molecule has 0 radical (unpaired) electrons. The number of rotatable bonds is 5. The zero-order valence-electron chi connectivity index (χ0n) is 10.4. The Morgan fingerprint density at radius 2 is 1.80 bits per heavy atom. The predicted octanol–water partition coefficient (Wildman–Crippen LogP) is 5.05. The first kappa shape index (κ1) is 16.1. The third-order valence-electron chi connectivity index (χ3n) is 2.78. The molecule has 1 atom stereocenters. The van der Waals surface area contributed by atoms with E-state index >= 15 is 0 Å². The van der Waals surface area contributed by atoms with Gasteiger partial charge in [0.05, 0.1) is 16.1 Å². The average Bonchev–Trinajstić information content (AvgIpc) is 2.45. The van der Waals surface area contributed by atoms with Gasteiger partial charge in [-0.25, -0.2) is 0 Å². The minimum Gasteiger partial charge on any atom is -0.271 e. The number of benzene rings is 2. The van der Waals surface area contributed by atoms with Gasteiger partial charge in [0.15, 0.2) is 0 Å². The van der Waals surface area contributed by atoms with E-state index < -0.39 is 0 Å². The number of nitrogens with one attached hydrogen (secondary N) is 1. The summed E-state index contributed by atoms with van der Waals surface area (Å²) in [6.45, 7) is 0. The van der Waals surface area contributed by atoms with Crippen molar-refractivity contribution < 1.29 is 0 Å². The smallest absolute Gasteiger partial charge is 0.0595 e. The second kappa shape index (κ2) is 7.69. The molecule has 2 rings (SSSR count). The van der Waals surface area contributed by atoms with Crippen molar-refractivity contribution in [1.29, 1.82) is 0 Å². The van der Waals surface area contributed by atoms with Crippen LogP contribution in [0.4, 0.5) is 0 Å².